The van der Waals surface area contributed by atoms with Gasteiger partial charge in [0, 0.05) is 11.3 Å². The number of hydrogen-bond acceptors (Lipinski definition) is 4. The fourth-order valence-corrected chi connectivity index (χ4v) is 3.35. The van der Waals surface area contributed by atoms with Gasteiger partial charge in [-0.2, -0.15) is 5.10 Å². The van der Waals surface area contributed by atoms with Crippen LogP contribution in [0.15, 0.2) is 41.6 Å². The van der Waals surface area contributed by atoms with Gasteiger partial charge >= 0.3 is 12.0 Å². The normalized spacial score (nSPS) is 16.9. The molecule has 0 saturated heterocycles. The van der Waals surface area contributed by atoms with Crippen molar-refractivity contribution in [3.63, 3.8) is 0 Å². The molecule has 0 radical (unpaired) electrons. The number of nitrogens with zero attached hydrogens (tertiary/aromatic N) is 2. The maximum atomic E-state index is 12.5. The number of carbonyl (C=O) groups excluding carboxylic acids is 2. The number of carbonyl (C=O) groups is 2. The Kier molecular flexibility index (Phi) is 4.99. The summed E-state index contributed by atoms with van der Waals surface area (Å²) in [5.41, 5.74) is 2.70. The number of halogens is 1. The number of amides is 2. The van der Waals surface area contributed by atoms with Crippen molar-refractivity contribution in [3.05, 3.63) is 58.0 Å². The average molecular weight is 375 g/mol. The van der Waals surface area contributed by atoms with E-state index in [-0.39, 0.29) is 6.61 Å². The van der Waals surface area contributed by atoms with Gasteiger partial charge in [0.05, 0.1) is 29.6 Å². The highest BCUT2D eigenvalue weighted by atomic mass is 35.5. The number of aromatic nitrogens is 2. The summed E-state index contributed by atoms with van der Waals surface area (Å²) in [6.07, 6.45) is 0. The van der Waals surface area contributed by atoms with E-state index in [9.17, 15) is 9.59 Å². The molecule has 0 aliphatic carbocycles. The van der Waals surface area contributed by atoms with E-state index in [1.807, 2.05) is 30.3 Å². The lowest BCUT2D eigenvalue weighted by atomic mass is 9.96. The smallest absolute Gasteiger partial charge is 0.338 e. The molecule has 1 aliphatic rings. The number of nitrogens with one attached hydrogen (secondary N) is 2. The van der Waals surface area contributed by atoms with Gasteiger partial charge in [-0.25, -0.2) is 14.3 Å². The number of rotatable bonds is 4. The average Bonchev–Trinajstić information content (AvgIpc) is 2.89. The van der Waals surface area contributed by atoms with Crippen molar-refractivity contribution in [1.29, 1.82) is 0 Å². The minimum Gasteiger partial charge on any atom is -0.463 e. The Morgan fingerprint density at radius 1 is 1.31 bits per heavy atom. The van der Waals surface area contributed by atoms with Crippen molar-refractivity contribution in [1.82, 2.24) is 20.4 Å². The number of ether oxygens (including phenoxy) is 1. The molecule has 0 bridgehead atoms. The highest BCUT2D eigenvalue weighted by Gasteiger charge is 2.36. The van der Waals surface area contributed by atoms with Crippen LogP contribution in [0, 0.1) is 6.92 Å². The van der Waals surface area contributed by atoms with Gasteiger partial charge in [-0.15, -0.1) is 0 Å². The summed E-state index contributed by atoms with van der Waals surface area (Å²) in [6.45, 7) is 5.39. The van der Waals surface area contributed by atoms with Crippen LogP contribution in [0.1, 0.15) is 31.1 Å². The third-order valence-electron chi connectivity index (χ3n) is 4.10. The van der Waals surface area contributed by atoms with Gasteiger partial charge in [-0.1, -0.05) is 29.8 Å². The molecule has 2 amide bonds. The van der Waals surface area contributed by atoms with Crippen molar-refractivity contribution in [3.8, 4) is 5.69 Å². The molecule has 3 rings (SSSR count). The Morgan fingerprint density at radius 3 is 2.65 bits per heavy atom. The van der Waals surface area contributed by atoms with Gasteiger partial charge in [0.25, 0.3) is 0 Å². The number of para-hydroxylation sites is 1. The summed E-state index contributed by atoms with van der Waals surface area (Å²) in [5.74, 6) is -0.509. The predicted octanol–water partition coefficient (Wildman–Crippen LogP) is 3.03. The van der Waals surface area contributed by atoms with E-state index in [1.165, 1.54) is 0 Å². The lowest BCUT2D eigenvalue weighted by molar-refractivity contribution is -0.139. The van der Waals surface area contributed by atoms with E-state index in [0.717, 1.165) is 5.69 Å². The summed E-state index contributed by atoms with van der Waals surface area (Å²) in [6, 6.07) is 8.24. The van der Waals surface area contributed by atoms with E-state index < -0.39 is 18.0 Å². The van der Waals surface area contributed by atoms with Crippen LogP contribution in [0.25, 0.3) is 5.69 Å². The molecule has 1 aliphatic heterocycles. The third-order valence-corrected chi connectivity index (χ3v) is 4.47. The zero-order valence-corrected chi connectivity index (χ0v) is 15.4. The highest BCUT2D eigenvalue weighted by Crippen LogP contribution is 2.35. The quantitative estimate of drug-likeness (QED) is 0.805. The summed E-state index contributed by atoms with van der Waals surface area (Å²) in [7, 11) is 0. The Labute approximate surface area is 156 Å². The molecule has 2 N–H and O–H groups in total. The number of aryl methyl sites for hydroxylation is 1. The topological polar surface area (TPSA) is 85.2 Å². The third kappa shape index (κ3) is 3.17. The van der Waals surface area contributed by atoms with Crippen molar-refractivity contribution in [2.45, 2.75) is 26.8 Å². The Morgan fingerprint density at radius 2 is 2.00 bits per heavy atom. The van der Waals surface area contributed by atoms with Crippen molar-refractivity contribution in [2.24, 2.45) is 0 Å². The number of urea groups is 1. The van der Waals surface area contributed by atoms with Crippen LogP contribution in [0.5, 0.6) is 0 Å². The van der Waals surface area contributed by atoms with Crippen molar-refractivity contribution >= 4 is 23.6 Å². The molecule has 7 nitrogen and oxygen atoms in total. The summed E-state index contributed by atoms with van der Waals surface area (Å²) in [5, 5.41) is 10.2. The predicted molar refractivity (Wildman–Crippen MR) is 97.1 cm³/mol. The maximum absolute atomic E-state index is 12.5. The van der Waals surface area contributed by atoms with E-state index in [0.29, 0.717) is 27.7 Å². The van der Waals surface area contributed by atoms with Crippen LogP contribution >= 0.6 is 11.6 Å². The first-order valence-electron chi connectivity index (χ1n) is 8.19. The van der Waals surface area contributed by atoms with Crippen LogP contribution < -0.4 is 10.6 Å². The number of hydrogen-bond donors (Lipinski definition) is 2. The molecule has 2 aromatic rings. The maximum Gasteiger partial charge on any atom is 0.338 e. The highest BCUT2D eigenvalue weighted by molar-refractivity contribution is 6.31. The SMILES string of the molecule is CCOC(=O)C1=C(C)NC(=O)N[C@H]1c1c(C)nn(-c2ccccc2)c1Cl. The molecular weight excluding hydrogens is 356 g/mol. The Bertz CT molecular complexity index is 889. The lowest BCUT2D eigenvalue weighted by Gasteiger charge is -2.27. The second-order valence-electron chi connectivity index (χ2n) is 5.83. The fourth-order valence-electron chi connectivity index (χ4n) is 2.97. The minimum absolute atomic E-state index is 0.228. The van der Waals surface area contributed by atoms with Gasteiger partial charge < -0.3 is 15.4 Å². The van der Waals surface area contributed by atoms with Crippen molar-refractivity contribution < 1.29 is 14.3 Å². The molecule has 136 valence electrons. The molecule has 8 heteroatoms. The number of benzene rings is 1. The Hall–Kier alpha value is -2.80. The van der Waals surface area contributed by atoms with Gasteiger partial charge in [0.15, 0.2) is 0 Å². The molecular formula is C18H19ClN4O3. The molecule has 0 fully saturated rings. The minimum atomic E-state index is -0.743. The van der Waals surface area contributed by atoms with E-state index in [4.69, 9.17) is 16.3 Å². The van der Waals surface area contributed by atoms with Crippen LogP contribution in [0.2, 0.25) is 5.15 Å². The first-order valence-corrected chi connectivity index (χ1v) is 8.57. The van der Waals surface area contributed by atoms with Gasteiger partial charge in [-0.05, 0) is 32.9 Å². The summed E-state index contributed by atoms with van der Waals surface area (Å²) in [4.78, 5) is 24.5. The fraction of sp³-hybridized carbons (Fsp3) is 0.278. The number of allylic oxidation sites excluding steroid dienone is 1. The second kappa shape index (κ2) is 7.21. The zero-order chi connectivity index (χ0) is 18.8. The standard InChI is InChI=1S/C18H19ClN4O3/c1-4-26-17(24)14-10(2)20-18(25)21-15(14)13-11(3)22-23(16(13)19)12-8-6-5-7-9-12/h5-9,15H,4H2,1-3H3,(H2,20,21,25)/t15-/m0/s1. The molecule has 0 unspecified atom stereocenters. The van der Waals surface area contributed by atoms with Gasteiger partial charge in [0.2, 0.25) is 0 Å². The molecule has 1 atom stereocenters. The largest absolute Gasteiger partial charge is 0.463 e. The van der Waals surface area contributed by atoms with Gasteiger partial charge in [-0.3, -0.25) is 0 Å². The lowest BCUT2D eigenvalue weighted by Crippen LogP contribution is -2.45. The number of esters is 1. The van der Waals surface area contributed by atoms with E-state index in [1.54, 1.807) is 25.5 Å². The molecule has 0 spiro atoms. The van der Waals surface area contributed by atoms with Crippen LogP contribution in [0.3, 0.4) is 0 Å². The summed E-state index contributed by atoms with van der Waals surface area (Å²) >= 11 is 6.59. The Balaban J connectivity index is 2.12. The molecule has 1 aromatic carbocycles. The first kappa shape index (κ1) is 18.0. The first-order chi connectivity index (χ1) is 12.4. The second-order valence-corrected chi connectivity index (χ2v) is 6.19. The summed E-state index contributed by atoms with van der Waals surface area (Å²) < 4.78 is 6.73. The van der Waals surface area contributed by atoms with Crippen LogP contribution in [-0.4, -0.2) is 28.4 Å². The molecule has 0 saturated carbocycles. The van der Waals surface area contributed by atoms with E-state index >= 15 is 0 Å². The molecule has 1 aromatic heterocycles. The monoisotopic (exact) mass is 374 g/mol. The zero-order valence-electron chi connectivity index (χ0n) is 14.7. The molecule has 26 heavy (non-hydrogen) atoms. The molecule has 2 heterocycles. The van der Waals surface area contributed by atoms with Crippen LogP contribution in [-0.2, 0) is 9.53 Å². The van der Waals surface area contributed by atoms with Crippen molar-refractivity contribution in [2.75, 3.05) is 6.61 Å². The van der Waals surface area contributed by atoms with E-state index in [2.05, 4.69) is 15.7 Å². The van der Waals surface area contributed by atoms with Gasteiger partial charge in [0.1, 0.15) is 5.15 Å². The van der Waals surface area contributed by atoms with Crippen LogP contribution in [0.4, 0.5) is 4.79 Å².